The molecule has 0 unspecified atom stereocenters. The lowest BCUT2D eigenvalue weighted by Crippen LogP contribution is -2.24. The van der Waals surface area contributed by atoms with Crippen molar-refractivity contribution in [3.63, 3.8) is 0 Å². The highest BCUT2D eigenvalue weighted by Crippen LogP contribution is 2.37. The Morgan fingerprint density at radius 3 is 2.32 bits per heavy atom. The quantitative estimate of drug-likeness (QED) is 0.847. The average Bonchev–Trinajstić information content (AvgIpc) is 2.66. The molecule has 0 aromatic heterocycles. The average molecular weight is 330 g/mol. The second kappa shape index (κ2) is 5.67. The summed E-state index contributed by atoms with van der Waals surface area (Å²) in [7, 11) is 0. The number of hydrogen-bond acceptors (Lipinski definition) is 3. The smallest absolute Gasteiger partial charge is 0.335 e. The predicted molar refractivity (Wildman–Crippen MR) is 93.5 cm³/mol. The number of carbonyl (C=O) groups excluding carboxylic acids is 2. The lowest BCUT2D eigenvalue weighted by atomic mass is 9.79. The fourth-order valence-corrected chi connectivity index (χ4v) is 3.38. The van der Waals surface area contributed by atoms with Crippen LogP contribution in [0.3, 0.4) is 0 Å². The van der Waals surface area contributed by atoms with Crippen molar-refractivity contribution in [2.45, 2.75) is 12.8 Å². The molecule has 2 aromatic rings. The summed E-state index contributed by atoms with van der Waals surface area (Å²) < 4.78 is 0. The molecular formula is C21H14O4. The third kappa shape index (κ3) is 2.43. The van der Waals surface area contributed by atoms with Crippen LogP contribution in [0.15, 0.2) is 60.2 Å². The van der Waals surface area contributed by atoms with Gasteiger partial charge in [-0.25, -0.2) is 4.79 Å². The number of carbonyl (C=O) groups is 3. The third-order valence-electron chi connectivity index (χ3n) is 4.68. The van der Waals surface area contributed by atoms with Gasteiger partial charge in [-0.3, -0.25) is 9.59 Å². The number of rotatable bonds is 2. The van der Waals surface area contributed by atoms with E-state index in [0.29, 0.717) is 11.1 Å². The number of carboxylic acid groups (broad SMARTS) is 1. The lowest BCUT2D eigenvalue weighted by Gasteiger charge is -2.23. The first-order valence-corrected chi connectivity index (χ1v) is 8.03. The van der Waals surface area contributed by atoms with E-state index in [1.807, 2.05) is 18.2 Å². The lowest BCUT2D eigenvalue weighted by molar-refractivity contribution is -0.111. The van der Waals surface area contributed by atoms with Crippen LogP contribution in [0.5, 0.6) is 0 Å². The van der Waals surface area contributed by atoms with Gasteiger partial charge in [-0.15, -0.1) is 0 Å². The zero-order valence-electron chi connectivity index (χ0n) is 13.3. The van der Waals surface area contributed by atoms with Gasteiger partial charge >= 0.3 is 5.97 Å². The van der Waals surface area contributed by atoms with Crippen LogP contribution in [0.2, 0.25) is 0 Å². The van der Waals surface area contributed by atoms with Crippen LogP contribution in [0.4, 0.5) is 0 Å². The minimum atomic E-state index is -0.984. The summed E-state index contributed by atoms with van der Waals surface area (Å²) in [6.45, 7) is 0. The molecule has 0 bridgehead atoms. The van der Waals surface area contributed by atoms with Crippen molar-refractivity contribution in [3.05, 3.63) is 76.9 Å². The molecule has 122 valence electrons. The molecule has 25 heavy (non-hydrogen) atoms. The highest BCUT2D eigenvalue weighted by Gasteiger charge is 2.32. The van der Waals surface area contributed by atoms with Gasteiger partial charge in [-0.05, 0) is 53.3 Å². The molecule has 4 nitrogen and oxygen atoms in total. The van der Waals surface area contributed by atoms with Crippen LogP contribution in [0.1, 0.15) is 39.1 Å². The van der Waals surface area contributed by atoms with Crippen molar-refractivity contribution < 1.29 is 19.5 Å². The Balaban J connectivity index is 1.82. The first-order valence-electron chi connectivity index (χ1n) is 8.03. The molecule has 0 heterocycles. The van der Waals surface area contributed by atoms with Gasteiger partial charge in [0.25, 0.3) is 0 Å². The molecule has 0 radical (unpaired) electrons. The van der Waals surface area contributed by atoms with Crippen LogP contribution in [0.25, 0.3) is 16.7 Å². The van der Waals surface area contributed by atoms with Crippen LogP contribution in [-0.4, -0.2) is 22.6 Å². The van der Waals surface area contributed by atoms with Gasteiger partial charge in [0.2, 0.25) is 11.6 Å². The number of fused-ring (bicyclic) bond motifs is 2. The van der Waals surface area contributed by atoms with Gasteiger partial charge in [0, 0.05) is 11.1 Å². The first kappa shape index (κ1) is 15.3. The normalized spacial score (nSPS) is 15.8. The number of benzene rings is 2. The Morgan fingerprint density at radius 1 is 0.880 bits per heavy atom. The highest BCUT2D eigenvalue weighted by atomic mass is 16.4. The summed E-state index contributed by atoms with van der Waals surface area (Å²) >= 11 is 0. The molecule has 0 fully saturated rings. The molecule has 2 aliphatic carbocycles. The Labute approximate surface area is 144 Å². The molecule has 0 aliphatic heterocycles. The predicted octanol–water partition coefficient (Wildman–Crippen LogP) is 3.92. The SMILES string of the molecule is O=C1C(=O)c2cc(-c3ccc(C(=O)O)cc3)ccc2C2=C1C=CCC2. The van der Waals surface area contributed by atoms with Gasteiger partial charge in [0.05, 0.1) is 5.56 Å². The molecule has 0 spiro atoms. The molecule has 2 aromatic carbocycles. The number of ketones is 2. The summed E-state index contributed by atoms with van der Waals surface area (Å²) in [6, 6.07) is 12.0. The Kier molecular flexibility index (Phi) is 3.46. The number of Topliss-reactive ketones (excluding diaryl/α,β-unsaturated/α-hetero) is 2. The molecule has 2 aliphatic rings. The maximum Gasteiger partial charge on any atom is 0.335 e. The first-order chi connectivity index (χ1) is 12.1. The monoisotopic (exact) mass is 330 g/mol. The number of allylic oxidation sites excluding steroid dienone is 4. The summed E-state index contributed by atoms with van der Waals surface area (Å²) in [5.74, 6) is -1.91. The molecule has 0 atom stereocenters. The van der Waals surface area contributed by atoms with E-state index in [0.717, 1.165) is 35.1 Å². The van der Waals surface area contributed by atoms with E-state index in [9.17, 15) is 14.4 Å². The van der Waals surface area contributed by atoms with E-state index >= 15 is 0 Å². The van der Waals surface area contributed by atoms with E-state index in [4.69, 9.17) is 5.11 Å². The summed E-state index contributed by atoms with van der Waals surface area (Å²) in [6.07, 6.45) is 5.29. The zero-order chi connectivity index (χ0) is 17.6. The number of hydrogen-bond donors (Lipinski definition) is 1. The third-order valence-corrected chi connectivity index (χ3v) is 4.68. The van der Waals surface area contributed by atoms with Crippen molar-refractivity contribution in [2.24, 2.45) is 0 Å². The largest absolute Gasteiger partial charge is 0.478 e. The van der Waals surface area contributed by atoms with Gasteiger partial charge in [0.1, 0.15) is 0 Å². The summed E-state index contributed by atoms with van der Waals surface area (Å²) in [4.78, 5) is 35.8. The van der Waals surface area contributed by atoms with Crippen molar-refractivity contribution in [1.29, 1.82) is 0 Å². The number of aromatic carboxylic acids is 1. The standard InChI is InChI=1S/C21H14O4/c22-19-17-4-2-1-3-15(17)16-10-9-14(11-18(16)20(19)23)12-5-7-13(8-6-12)21(24)25/h2,4-11H,1,3H2,(H,24,25). The van der Waals surface area contributed by atoms with Gasteiger partial charge < -0.3 is 5.11 Å². The molecular weight excluding hydrogens is 316 g/mol. The van der Waals surface area contributed by atoms with Crippen LogP contribution in [0, 0.1) is 0 Å². The minimum Gasteiger partial charge on any atom is -0.478 e. The Morgan fingerprint density at radius 2 is 1.60 bits per heavy atom. The maximum absolute atomic E-state index is 12.5. The molecule has 0 saturated carbocycles. The van der Waals surface area contributed by atoms with Crippen molar-refractivity contribution >= 4 is 23.1 Å². The van der Waals surface area contributed by atoms with Crippen molar-refractivity contribution in [3.8, 4) is 11.1 Å². The summed E-state index contributed by atoms with van der Waals surface area (Å²) in [5.41, 5.74) is 4.51. The van der Waals surface area contributed by atoms with Gasteiger partial charge in [-0.1, -0.05) is 36.4 Å². The fraction of sp³-hybridized carbons (Fsp3) is 0.0952. The molecule has 4 heteroatoms. The van der Waals surface area contributed by atoms with Crippen molar-refractivity contribution in [1.82, 2.24) is 0 Å². The van der Waals surface area contributed by atoms with Gasteiger partial charge in [0.15, 0.2) is 0 Å². The Bertz CT molecular complexity index is 991. The van der Waals surface area contributed by atoms with E-state index in [1.54, 1.807) is 24.3 Å². The Hall–Kier alpha value is -3.27. The van der Waals surface area contributed by atoms with Crippen LogP contribution in [-0.2, 0) is 4.79 Å². The van der Waals surface area contributed by atoms with E-state index in [1.165, 1.54) is 12.1 Å². The molecule has 0 saturated heterocycles. The van der Waals surface area contributed by atoms with Gasteiger partial charge in [-0.2, -0.15) is 0 Å². The summed E-state index contributed by atoms with van der Waals surface area (Å²) in [5, 5.41) is 8.99. The van der Waals surface area contributed by atoms with Crippen molar-refractivity contribution in [2.75, 3.05) is 0 Å². The van der Waals surface area contributed by atoms with E-state index in [-0.39, 0.29) is 5.56 Å². The second-order valence-electron chi connectivity index (χ2n) is 6.13. The molecule has 1 N–H and O–H groups in total. The van der Waals surface area contributed by atoms with E-state index in [2.05, 4.69) is 0 Å². The topological polar surface area (TPSA) is 71.4 Å². The molecule has 0 amide bonds. The number of carboxylic acids is 1. The second-order valence-corrected chi connectivity index (χ2v) is 6.13. The van der Waals surface area contributed by atoms with E-state index < -0.39 is 17.5 Å². The highest BCUT2D eigenvalue weighted by molar-refractivity contribution is 6.53. The van der Waals surface area contributed by atoms with Crippen LogP contribution >= 0.6 is 0 Å². The molecule has 4 rings (SSSR count). The minimum absolute atomic E-state index is 0.205. The fourth-order valence-electron chi connectivity index (χ4n) is 3.38. The van der Waals surface area contributed by atoms with Crippen LogP contribution < -0.4 is 0 Å². The zero-order valence-corrected chi connectivity index (χ0v) is 13.3. The maximum atomic E-state index is 12.5.